The molecule has 2 aromatic rings. The van der Waals surface area contributed by atoms with Gasteiger partial charge in [0, 0.05) is 12.4 Å². The summed E-state index contributed by atoms with van der Waals surface area (Å²) < 4.78 is 5.76. The summed E-state index contributed by atoms with van der Waals surface area (Å²) in [5, 5.41) is 3.72. The fraction of sp³-hybridized carbons (Fsp3) is 0. The van der Waals surface area contributed by atoms with Crippen molar-refractivity contribution in [3.63, 3.8) is 0 Å². The first-order valence-corrected chi connectivity index (χ1v) is 5.40. The van der Waals surface area contributed by atoms with Crippen molar-refractivity contribution < 1.29 is 9.21 Å². The fourth-order valence-electron chi connectivity index (χ4n) is 1.03. The molecular weight excluding hydrogens is 288 g/mol. The van der Waals surface area contributed by atoms with Gasteiger partial charge in [-0.15, -0.1) is 0 Å². The predicted molar refractivity (Wildman–Crippen MR) is 63.5 cm³/mol. The van der Waals surface area contributed by atoms with Gasteiger partial charge in [0.25, 0.3) is 5.91 Å². The third-order valence-electron chi connectivity index (χ3n) is 1.75. The third-order valence-corrected chi connectivity index (χ3v) is 2.17. The Morgan fingerprint density at radius 1 is 1.47 bits per heavy atom. The van der Waals surface area contributed by atoms with Gasteiger partial charge in [-0.05, 0) is 28.1 Å². The topological polar surface area (TPSA) is 80.4 Å². The van der Waals surface area contributed by atoms with E-state index in [9.17, 15) is 4.79 Å². The van der Waals surface area contributed by atoms with Gasteiger partial charge in [-0.3, -0.25) is 9.78 Å². The molecule has 1 N–H and O–H groups in total. The molecule has 86 valence electrons. The van der Waals surface area contributed by atoms with Gasteiger partial charge in [0.15, 0.2) is 4.67 Å². The van der Waals surface area contributed by atoms with Gasteiger partial charge in [-0.25, -0.2) is 10.4 Å². The highest BCUT2D eigenvalue weighted by molar-refractivity contribution is 9.10. The van der Waals surface area contributed by atoms with E-state index >= 15 is 0 Å². The van der Waals surface area contributed by atoms with Crippen molar-refractivity contribution in [2.75, 3.05) is 0 Å². The Balaban J connectivity index is 1.95. The first kappa shape index (κ1) is 11.5. The molecular formula is C10H7BrN4O2. The van der Waals surface area contributed by atoms with Crippen LogP contribution in [0.5, 0.6) is 0 Å². The molecule has 6 nitrogen and oxygen atoms in total. The quantitative estimate of drug-likeness (QED) is 0.689. The lowest BCUT2D eigenvalue weighted by Gasteiger charge is -1.96. The molecule has 0 aliphatic heterocycles. The number of rotatable bonds is 3. The summed E-state index contributed by atoms with van der Waals surface area (Å²) in [6.07, 6.45) is 5.66. The maximum absolute atomic E-state index is 11.5. The average Bonchev–Trinajstić information content (AvgIpc) is 2.76. The normalized spacial score (nSPS) is 10.6. The van der Waals surface area contributed by atoms with Crippen LogP contribution in [-0.2, 0) is 0 Å². The van der Waals surface area contributed by atoms with E-state index in [0.717, 1.165) is 0 Å². The minimum Gasteiger partial charge on any atom is -0.448 e. The Labute approximate surface area is 105 Å². The van der Waals surface area contributed by atoms with Crippen LogP contribution >= 0.6 is 15.9 Å². The highest BCUT2D eigenvalue weighted by atomic mass is 79.9. The summed E-state index contributed by atoms with van der Waals surface area (Å²) in [4.78, 5) is 19.1. The second kappa shape index (κ2) is 5.35. The molecule has 7 heteroatoms. The first-order valence-electron chi connectivity index (χ1n) is 4.60. The lowest BCUT2D eigenvalue weighted by Crippen LogP contribution is -2.18. The van der Waals surface area contributed by atoms with Gasteiger partial charge in [0.2, 0.25) is 0 Å². The molecule has 0 fully saturated rings. The van der Waals surface area contributed by atoms with Gasteiger partial charge < -0.3 is 4.42 Å². The van der Waals surface area contributed by atoms with Crippen LogP contribution in [0, 0.1) is 0 Å². The van der Waals surface area contributed by atoms with Crippen LogP contribution in [-0.4, -0.2) is 22.1 Å². The minimum absolute atomic E-state index is 0.199. The first-order chi connectivity index (χ1) is 8.25. The van der Waals surface area contributed by atoms with Crippen molar-refractivity contribution in [1.82, 2.24) is 15.4 Å². The molecule has 0 radical (unpaired) electrons. The lowest BCUT2D eigenvalue weighted by atomic mass is 10.4. The zero-order chi connectivity index (χ0) is 12.1. The van der Waals surface area contributed by atoms with Gasteiger partial charge >= 0.3 is 0 Å². The van der Waals surface area contributed by atoms with E-state index in [0.29, 0.717) is 10.4 Å². The maximum Gasteiger partial charge on any atom is 0.291 e. The Bertz CT molecular complexity index is 538. The number of halogens is 1. The van der Waals surface area contributed by atoms with E-state index in [4.69, 9.17) is 4.42 Å². The van der Waals surface area contributed by atoms with E-state index in [2.05, 4.69) is 36.4 Å². The standard InChI is InChI=1S/C10H7BrN4O2/c11-9-2-1-7(17-9)5-14-15-10(16)8-6-12-3-4-13-8/h1-6H,(H,15,16). The molecule has 17 heavy (non-hydrogen) atoms. The zero-order valence-electron chi connectivity index (χ0n) is 8.50. The summed E-state index contributed by atoms with van der Waals surface area (Å²) >= 11 is 3.16. The predicted octanol–water partition coefficient (Wildman–Crippen LogP) is 1.60. The molecule has 0 unspecified atom stereocenters. The number of hydrogen-bond acceptors (Lipinski definition) is 5. The SMILES string of the molecule is O=C(NN=Cc1ccc(Br)o1)c1cnccn1. The molecule has 2 heterocycles. The molecule has 0 saturated carbocycles. The molecule has 1 amide bonds. The van der Waals surface area contributed by atoms with Crippen molar-refractivity contribution in [1.29, 1.82) is 0 Å². The van der Waals surface area contributed by atoms with E-state index < -0.39 is 5.91 Å². The van der Waals surface area contributed by atoms with Gasteiger partial charge in [0.05, 0.1) is 12.4 Å². The second-order valence-electron chi connectivity index (χ2n) is 2.93. The number of aromatic nitrogens is 2. The summed E-state index contributed by atoms with van der Waals surface area (Å²) in [6, 6.07) is 3.44. The minimum atomic E-state index is -0.431. The largest absolute Gasteiger partial charge is 0.448 e. The number of furan rings is 1. The zero-order valence-corrected chi connectivity index (χ0v) is 10.1. The molecule has 0 aliphatic carbocycles. The van der Waals surface area contributed by atoms with E-state index in [-0.39, 0.29) is 5.69 Å². The van der Waals surface area contributed by atoms with Crippen molar-refractivity contribution >= 4 is 28.1 Å². The molecule has 0 spiro atoms. The number of carbonyl (C=O) groups is 1. The number of nitrogens with one attached hydrogen (secondary N) is 1. The van der Waals surface area contributed by atoms with Crippen molar-refractivity contribution in [2.24, 2.45) is 5.10 Å². The Kier molecular flexibility index (Phi) is 3.61. The highest BCUT2D eigenvalue weighted by Gasteiger charge is 2.04. The van der Waals surface area contributed by atoms with Crippen LogP contribution < -0.4 is 5.43 Å². The Morgan fingerprint density at radius 3 is 3.00 bits per heavy atom. The van der Waals surface area contributed by atoms with Crippen molar-refractivity contribution in [3.05, 3.63) is 46.8 Å². The maximum atomic E-state index is 11.5. The third kappa shape index (κ3) is 3.22. The smallest absolute Gasteiger partial charge is 0.291 e. The van der Waals surface area contributed by atoms with Crippen molar-refractivity contribution in [2.45, 2.75) is 0 Å². The van der Waals surface area contributed by atoms with Crippen LogP contribution in [0.2, 0.25) is 0 Å². The molecule has 0 aliphatic rings. The summed E-state index contributed by atoms with van der Waals surface area (Å²) in [6.45, 7) is 0. The van der Waals surface area contributed by atoms with E-state index in [1.165, 1.54) is 24.8 Å². The van der Waals surface area contributed by atoms with Crippen LogP contribution in [0.15, 0.2) is 44.9 Å². The number of amides is 1. The van der Waals surface area contributed by atoms with Crippen LogP contribution in [0.25, 0.3) is 0 Å². The summed E-state index contributed by atoms with van der Waals surface area (Å²) in [7, 11) is 0. The van der Waals surface area contributed by atoms with Crippen LogP contribution in [0.4, 0.5) is 0 Å². The van der Waals surface area contributed by atoms with E-state index in [1.807, 2.05) is 0 Å². The fourth-order valence-corrected chi connectivity index (χ4v) is 1.34. The average molecular weight is 295 g/mol. The Hall–Kier alpha value is -2.02. The van der Waals surface area contributed by atoms with Gasteiger partial charge in [-0.2, -0.15) is 5.10 Å². The molecule has 2 aromatic heterocycles. The second-order valence-corrected chi connectivity index (χ2v) is 3.71. The Morgan fingerprint density at radius 2 is 2.35 bits per heavy atom. The molecule has 0 atom stereocenters. The van der Waals surface area contributed by atoms with E-state index in [1.54, 1.807) is 12.1 Å². The van der Waals surface area contributed by atoms with Gasteiger partial charge in [0.1, 0.15) is 11.5 Å². The molecule has 0 aromatic carbocycles. The number of hydrogen-bond donors (Lipinski definition) is 1. The molecule has 0 saturated heterocycles. The number of nitrogens with zero attached hydrogens (tertiary/aromatic N) is 3. The summed E-state index contributed by atoms with van der Waals surface area (Å²) in [5.74, 6) is 0.0938. The molecule has 2 rings (SSSR count). The number of carbonyl (C=O) groups excluding carboxylic acids is 1. The van der Waals surface area contributed by atoms with Crippen LogP contribution in [0.3, 0.4) is 0 Å². The highest BCUT2D eigenvalue weighted by Crippen LogP contribution is 2.11. The van der Waals surface area contributed by atoms with Gasteiger partial charge in [-0.1, -0.05) is 0 Å². The van der Waals surface area contributed by atoms with Crippen molar-refractivity contribution in [3.8, 4) is 0 Å². The lowest BCUT2D eigenvalue weighted by molar-refractivity contribution is 0.0949. The number of hydrazone groups is 1. The summed E-state index contributed by atoms with van der Waals surface area (Å²) in [5.41, 5.74) is 2.51. The molecule has 0 bridgehead atoms. The van der Waals surface area contributed by atoms with Crippen LogP contribution in [0.1, 0.15) is 16.2 Å². The monoisotopic (exact) mass is 294 g/mol.